The summed E-state index contributed by atoms with van der Waals surface area (Å²) >= 11 is 0. The molecule has 0 aromatic rings. The van der Waals surface area contributed by atoms with Crippen LogP contribution in [-0.4, -0.2) is 11.1 Å². The summed E-state index contributed by atoms with van der Waals surface area (Å²) in [6, 6.07) is 0. The second-order valence-electron chi connectivity index (χ2n) is 6.56. The predicted molar refractivity (Wildman–Crippen MR) is 91.7 cm³/mol. The van der Waals surface area contributed by atoms with Gasteiger partial charge in [0.15, 0.2) is 0 Å². The largest absolute Gasteiger partial charge is 0.481 e. The van der Waals surface area contributed by atoms with Crippen molar-refractivity contribution in [3.63, 3.8) is 0 Å². The molecule has 0 aliphatic heterocycles. The zero-order valence-electron chi connectivity index (χ0n) is 14.7. The van der Waals surface area contributed by atoms with Crippen molar-refractivity contribution in [1.29, 1.82) is 0 Å². The van der Waals surface area contributed by atoms with Gasteiger partial charge in [-0.2, -0.15) is 0 Å². The van der Waals surface area contributed by atoms with Gasteiger partial charge in [0.2, 0.25) is 0 Å². The van der Waals surface area contributed by atoms with Gasteiger partial charge in [0.1, 0.15) is 0 Å². The summed E-state index contributed by atoms with van der Waals surface area (Å²) in [5, 5.41) is 8.98. The summed E-state index contributed by atoms with van der Waals surface area (Å²) in [5.41, 5.74) is 0. The number of hydrogen-bond acceptors (Lipinski definition) is 1. The summed E-state index contributed by atoms with van der Waals surface area (Å²) in [4.78, 5) is 10.9. The van der Waals surface area contributed by atoms with E-state index in [4.69, 9.17) is 5.11 Å². The summed E-state index contributed by atoms with van der Waals surface area (Å²) in [6.45, 7) is 6.58. The Bertz CT molecular complexity index is 238. The van der Waals surface area contributed by atoms with Crippen LogP contribution in [0.2, 0.25) is 0 Å². The lowest BCUT2D eigenvalue weighted by atomic mass is 9.93. The number of carboxylic acid groups (broad SMARTS) is 1. The molecule has 0 spiro atoms. The average Bonchev–Trinajstić information content (AvgIpc) is 2.47. The number of unbranched alkanes of at least 4 members (excludes halogenated alkanes) is 6. The maximum absolute atomic E-state index is 10.9. The van der Waals surface area contributed by atoms with Crippen LogP contribution in [0.1, 0.15) is 104 Å². The van der Waals surface area contributed by atoms with Crippen LogP contribution < -0.4 is 0 Å². The van der Waals surface area contributed by atoms with Gasteiger partial charge in [-0.1, -0.05) is 91.4 Å². The molecule has 1 N–H and O–H groups in total. The molecule has 0 saturated heterocycles. The fourth-order valence-corrected chi connectivity index (χ4v) is 3.17. The molecule has 0 saturated carbocycles. The molecule has 2 heteroatoms. The first kappa shape index (κ1) is 20.5. The van der Waals surface area contributed by atoms with Crippen molar-refractivity contribution >= 4 is 5.97 Å². The van der Waals surface area contributed by atoms with Crippen LogP contribution in [0.25, 0.3) is 0 Å². The standard InChI is InChI=1S/C19H38O2/c1-4-14-17(5-2)15-12-10-8-7-9-11-13-16-18(6-3)19(20)21/h17-18H,4-16H2,1-3H3,(H,20,21). The van der Waals surface area contributed by atoms with Gasteiger partial charge < -0.3 is 5.11 Å². The van der Waals surface area contributed by atoms with E-state index in [1.807, 2.05) is 6.92 Å². The van der Waals surface area contributed by atoms with E-state index in [1.165, 1.54) is 64.2 Å². The minimum atomic E-state index is -0.616. The Morgan fingerprint density at radius 1 is 0.762 bits per heavy atom. The van der Waals surface area contributed by atoms with Crippen molar-refractivity contribution in [3.8, 4) is 0 Å². The molecule has 0 rings (SSSR count). The fourth-order valence-electron chi connectivity index (χ4n) is 3.17. The van der Waals surface area contributed by atoms with Gasteiger partial charge in [0.05, 0.1) is 5.92 Å². The highest BCUT2D eigenvalue weighted by atomic mass is 16.4. The predicted octanol–water partition coefficient (Wildman–Crippen LogP) is 6.43. The zero-order chi connectivity index (χ0) is 15.9. The van der Waals surface area contributed by atoms with E-state index in [9.17, 15) is 4.79 Å². The highest BCUT2D eigenvalue weighted by Crippen LogP contribution is 2.20. The number of hydrogen-bond donors (Lipinski definition) is 1. The first-order chi connectivity index (χ1) is 10.2. The molecule has 0 fully saturated rings. The Morgan fingerprint density at radius 3 is 1.71 bits per heavy atom. The summed E-state index contributed by atoms with van der Waals surface area (Å²) in [7, 11) is 0. The van der Waals surface area contributed by atoms with Crippen LogP contribution in [0.5, 0.6) is 0 Å². The molecule has 2 nitrogen and oxygen atoms in total. The molecule has 0 aliphatic rings. The SMILES string of the molecule is CCCC(CC)CCCCCCCCCC(CC)C(=O)O. The highest BCUT2D eigenvalue weighted by molar-refractivity contribution is 5.69. The summed E-state index contributed by atoms with van der Waals surface area (Å²) in [5.74, 6) is 0.224. The van der Waals surface area contributed by atoms with Crippen LogP contribution in [0.15, 0.2) is 0 Å². The van der Waals surface area contributed by atoms with E-state index in [-0.39, 0.29) is 5.92 Å². The first-order valence-electron chi connectivity index (χ1n) is 9.38. The summed E-state index contributed by atoms with van der Waals surface area (Å²) in [6.07, 6.45) is 16.2. The van der Waals surface area contributed by atoms with Gasteiger partial charge in [-0.05, 0) is 18.8 Å². The van der Waals surface area contributed by atoms with Gasteiger partial charge in [-0.25, -0.2) is 0 Å². The van der Waals surface area contributed by atoms with Gasteiger partial charge in [0.25, 0.3) is 0 Å². The molecule has 0 amide bonds. The Labute approximate surface area is 132 Å². The highest BCUT2D eigenvalue weighted by Gasteiger charge is 2.13. The molecule has 2 unspecified atom stereocenters. The van der Waals surface area contributed by atoms with Gasteiger partial charge in [0, 0.05) is 0 Å². The lowest BCUT2D eigenvalue weighted by Crippen LogP contribution is -2.12. The molecular weight excluding hydrogens is 260 g/mol. The van der Waals surface area contributed by atoms with E-state index in [0.29, 0.717) is 0 Å². The van der Waals surface area contributed by atoms with Crippen molar-refractivity contribution in [2.24, 2.45) is 11.8 Å². The second kappa shape index (κ2) is 14.4. The maximum Gasteiger partial charge on any atom is 0.306 e. The number of aliphatic carboxylic acids is 1. The van der Waals surface area contributed by atoms with Crippen LogP contribution in [0, 0.1) is 11.8 Å². The molecule has 0 heterocycles. The van der Waals surface area contributed by atoms with Crippen molar-refractivity contribution in [2.45, 2.75) is 104 Å². The lowest BCUT2D eigenvalue weighted by molar-refractivity contribution is -0.142. The smallest absolute Gasteiger partial charge is 0.306 e. The van der Waals surface area contributed by atoms with Gasteiger partial charge in [-0.3, -0.25) is 4.79 Å². The molecule has 0 aromatic heterocycles. The number of carboxylic acids is 1. The number of carbonyl (C=O) groups is 1. The minimum absolute atomic E-state index is 0.116. The Morgan fingerprint density at radius 2 is 1.29 bits per heavy atom. The second-order valence-corrected chi connectivity index (χ2v) is 6.56. The molecular formula is C19H38O2. The molecule has 126 valence electrons. The van der Waals surface area contributed by atoms with E-state index in [1.54, 1.807) is 0 Å². The Balaban J connectivity index is 3.34. The molecule has 0 bridgehead atoms. The van der Waals surface area contributed by atoms with Gasteiger partial charge in [-0.15, -0.1) is 0 Å². The lowest BCUT2D eigenvalue weighted by Gasteiger charge is -2.13. The summed E-state index contributed by atoms with van der Waals surface area (Å²) < 4.78 is 0. The third-order valence-electron chi connectivity index (χ3n) is 4.78. The zero-order valence-corrected chi connectivity index (χ0v) is 14.7. The molecule has 21 heavy (non-hydrogen) atoms. The van der Waals surface area contributed by atoms with E-state index in [0.717, 1.165) is 25.2 Å². The third kappa shape index (κ3) is 11.8. The fraction of sp³-hybridized carbons (Fsp3) is 0.947. The van der Waals surface area contributed by atoms with E-state index < -0.39 is 5.97 Å². The average molecular weight is 299 g/mol. The molecule has 2 atom stereocenters. The van der Waals surface area contributed by atoms with Gasteiger partial charge >= 0.3 is 5.97 Å². The van der Waals surface area contributed by atoms with Crippen LogP contribution in [-0.2, 0) is 4.79 Å². The van der Waals surface area contributed by atoms with Crippen molar-refractivity contribution in [2.75, 3.05) is 0 Å². The van der Waals surface area contributed by atoms with Crippen LogP contribution in [0.3, 0.4) is 0 Å². The van der Waals surface area contributed by atoms with E-state index >= 15 is 0 Å². The van der Waals surface area contributed by atoms with Crippen LogP contribution >= 0.6 is 0 Å². The Hall–Kier alpha value is -0.530. The molecule has 0 radical (unpaired) electrons. The molecule has 0 aromatic carbocycles. The molecule has 0 aliphatic carbocycles. The number of rotatable bonds is 15. The monoisotopic (exact) mass is 298 g/mol. The van der Waals surface area contributed by atoms with Crippen molar-refractivity contribution in [1.82, 2.24) is 0 Å². The maximum atomic E-state index is 10.9. The van der Waals surface area contributed by atoms with Crippen LogP contribution in [0.4, 0.5) is 0 Å². The minimum Gasteiger partial charge on any atom is -0.481 e. The third-order valence-corrected chi connectivity index (χ3v) is 4.78. The van der Waals surface area contributed by atoms with E-state index in [2.05, 4.69) is 13.8 Å². The van der Waals surface area contributed by atoms with Crippen molar-refractivity contribution in [3.05, 3.63) is 0 Å². The quantitative estimate of drug-likeness (QED) is 0.353. The van der Waals surface area contributed by atoms with Crippen molar-refractivity contribution < 1.29 is 9.90 Å². The topological polar surface area (TPSA) is 37.3 Å². The Kier molecular flexibility index (Phi) is 14.0. The normalized spacial score (nSPS) is 14.0. The first-order valence-corrected chi connectivity index (χ1v) is 9.38.